The van der Waals surface area contributed by atoms with Gasteiger partial charge in [0.1, 0.15) is 0 Å². The number of fused-ring (bicyclic) bond motifs is 1. The van der Waals surface area contributed by atoms with Gasteiger partial charge in [-0.3, -0.25) is 9.78 Å². The minimum Gasteiger partial charge on any atom is -0.481 e. The van der Waals surface area contributed by atoms with E-state index in [4.69, 9.17) is 21.3 Å². The highest BCUT2D eigenvalue weighted by atomic mass is 35.5. The molecule has 2 aliphatic rings. The van der Waals surface area contributed by atoms with E-state index in [1.54, 1.807) is 7.11 Å². The van der Waals surface area contributed by atoms with Crippen LogP contribution in [0.5, 0.6) is 0 Å². The summed E-state index contributed by atoms with van der Waals surface area (Å²) in [5, 5.41) is 12.2. The third kappa shape index (κ3) is 4.00. The molecule has 0 amide bonds. The number of aliphatic carboxylic acids is 1. The summed E-state index contributed by atoms with van der Waals surface area (Å²) in [5.74, 6) is -0.441. The molecule has 6 heteroatoms. The maximum atomic E-state index is 11.4. The Hall–Kier alpha value is -2.63. The zero-order valence-corrected chi connectivity index (χ0v) is 18.2. The second kappa shape index (κ2) is 8.13. The van der Waals surface area contributed by atoms with Gasteiger partial charge in [0, 0.05) is 52.3 Å². The van der Waals surface area contributed by atoms with Gasteiger partial charge in [0.25, 0.3) is 0 Å². The third-order valence-electron chi connectivity index (χ3n) is 6.33. The van der Waals surface area contributed by atoms with Gasteiger partial charge < -0.3 is 14.7 Å². The summed E-state index contributed by atoms with van der Waals surface area (Å²) in [4.78, 5) is 18.5. The molecular formula is C25H25ClN2O3. The lowest BCUT2D eigenvalue weighted by Gasteiger charge is -2.27. The number of methoxy groups -OCH3 is 1. The SMILES string of the molecule is COCc1cc(N(CC2CC2)c2ccc(Cl)c3ccccc23)cnc1C1CC1C(=O)O. The van der Waals surface area contributed by atoms with E-state index in [1.807, 2.05) is 30.5 Å². The Bertz CT molecular complexity index is 1140. The fraction of sp³-hybridized carbons (Fsp3) is 0.360. The number of carbonyl (C=O) groups is 1. The molecular weight excluding hydrogens is 412 g/mol. The van der Waals surface area contributed by atoms with E-state index >= 15 is 0 Å². The summed E-state index contributed by atoms with van der Waals surface area (Å²) in [6, 6.07) is 14.4. The van der Waals surface area contributed by atoms with E-state index in [2.05, 4.69) is 23.1 Å². The summed E-state index contributed by atoms with van der Waals surface area (Å²) in [6.07, 6.45) is 5.01. The van der Waals surface area contributed by atoms with Gasteiger partial charge in [-0.25, -0.2) is 0 Å². The van der Waals surface area contributed by atoms with Crippen molar-refractivity contribution in [3.05, 3.63) is 64.9 Å². The Morgan fingerprint density at radius 3 is 2.68 bits per heavy atom. The number of pyridine rings is 1. The number of carboxylic acids is 1. The number of hydrogen-bond acceptors (Lipinski definition) is 4. The molecule has 31 heavy (non-hydrogen) atoms. The molecule has 2 fully saturated rings. The molecule has 0 radical (unpaired) electrons. The van der Waals surface area contributed by atoms with Crippen molar-refractivity contribution in [2.24, 2.45) is 11.8 Å². The molecule has 1 aromatic heterocycles. The van der Waals surface area contributed by atoms with Crippen LogP contribution >= 0.6 is 11.6 Å². The van der Waals surface area contributed by atoms with Gasteiger partial charge in [-0.05, 0) is 43.4 Å². The van der Waals surface area contributed by atoms with Gasteiger partial charge in [0.2, 0.25) is 0 Å². The van der Waals surface area contributed by atoms with Crippen LogP contribution in [-0.2, 0) is 16.1 Å². The summed E-state index contributed by atoms with van der Waals surface area (Å²) in [7, 11) is 1.66. The summed E-state index contributed by atoms with van der Waals surface area (Å²) in [6.45, 7) is 1.33. The zero-order chi connectivity index (χ0) is 21.5. The number of ether oxygens (including phenoxy) is 1. The number of carboxylic acid groups (broad SMARTS) is 1. The van der Waals surface area contributed by atoms with Gasteiger partial charge in [-0.1, -0.05) is 35.9 Å². The molecule has 5 nitrogen and oxygen atoms in total. The number of hydrogen-bond donors (Lipinski definition) is 1. The molecule has 0 saturated heterocycles. The third-order valence-corrected chi connectivity index (χ3v) is 6.66. The quantitative estimate of drug-likeness (QED) is 0.485. The largest absolute Gasteiger partial charge is 0.481 e. The molecule has 1 heterocycles. The first-order valence-corrected chi connectivity index (χ1v) is 11.1. The normalized spacial score (nSPS) is 20.1. The van der Waals surface area contributed by atoms with Crippen molar-refractivity contribution in [3.8, 4) is 0 Å². The van der Waals surface area contributed by atoms with E-state index < -0.39 is 5.97 Å². The minimum atomic E-state index is -0.748. The van der Waals surface area contributed by atoms with Crippen molar-refractivity contribution in [1.29, 1.82) is 0 Å². The number of aromatic nitrogens is 1. The zero-order valence-electron chi connectivity index (χ0n) is 17.4. The van der Waals surface area contributed by atoms with Crippen molar-refractivity contribution in [2.75, 3.05) is 18.6 Å². The number of rotatable bonds is 8. The van der Waals surface area contributed by atoms with Crippen molar-refractivity contribution < 1.29 is 14.6 Å². The highest BCUT2D eigenvalue weighted by Crippen LogP contribution is 2.49. The van der Waals surface area contributed by atoms with Crippen LogP contribution in [0.15, 0.2) is 48.7 Å². The average molecular weight is 437 g/mol. The lowest BCUT2D eigenvalue weighted by molar-refractivity contribution is -0.138. The maximum Gasteiger partial charge on any atom is 0.307 e. The molecule has 0 aliphatic heterocycles. The van der Waals surface area contributed by atoms with E-state index in [-0.39, 0.29) is 11.8 Å². The van der Waals surface area contributed by atoms with Gasteiger partial charge in [-0.2, -0.15) is 0 Å². The van der Waals surface area contributed by atoms with E-state index in [9.17, 15) is 9.90 Å². The summed E-state index contributed by atoms with van der Waals surface area (Å²) >= 11 is 6.47. The second-order valence-corrected chi connectivity index (χ2v) is 9.03. The fourth-order valence-electron chi connectivity index (χ4n) is 4.41. The van der Waals surface area contributed by atoms with Crippen LogP contribution in [0, 0.1) is 11.8 Å². The van der Waals surface area contributed by atoms with Crippen molar-refractivity contribution in [2.45, 2.75) is 31.8 Å². The van der Waals surface area contributed by atoms with E-state index in [1.165, 1.54) is 12.8 Å². The van der Waals surface area contributed by atoms with Gasteiger partial charge in [0.15, 0.2) is 0 Å². The van der Waals surface area contributed by atoms with Gasteiger partial charge in [0.05, 0.1) is 24.4 Å². The molecule has 5 rings (SSSR count). The highest BCUT2D eigenvalue weighted by molar-refractivity contribution is 6.36. The van der Waals surface area contributed by atoms with Crippen LogP contribution in [0.2, 0.25) is 5.02 Å². The molecule has 2 aliphatic carbocycles. The van der Waals surface area contributed by atoms with E-state index in [0.717, 1.165) is 45.0 Å². The molecule has 160 valence electrons. The van der Waals surface area contributed by atoms with Crippen LogP contribution in [0.4, 0.5) is 11.4 Å². The van der Waals surface area contributed by atoms with Crippen molar-refractivity contribution >= 4 is 39.7 Å². The smallest absolute Gasteiger partial charge is 0.307 e. The Kier molecular flexibility index (Phi) is 5.32. The molecule has 0 bridgehead atoms. The molecule has 2 aromatic carbocycles. The first-order valence-electron chi connectivity index (χ1n) is 10.7. The van der Waals surface area contributed by atoms with Crippen molar-refractivity contribution in [1.82, 2.24) is 4.98 Å². The topological polar surface area (TPSA) is 62.7 Å². The molecule has 0 spiro atoms. The molecule has 2 saturated carbocycles. The first-order chi connectivity index (χ1) is 15.1. The van der Waals surface area contributed by atoms with Crippen LogP contribution < -0.4 is 4.90 Å². The standard InChI is InChI=1S/C25H25ClN2O3/c1-31-14-16-10-17(12-27-24(16)20-11-21(20)25(29)30)28(13-15-6-7-15)23-9-8-22(26)18-4-2-3-5-19(18)23/h2-5,8-10,12,15,20-21H,6-7,11,13-14H2,1H3,(H,29,30). The van der Waals surface area contributed by atoms with E-state index in [0.29, 0.717) is 18.9 Å². The maximum absolute atomic E-state index is 11.4. The highest BCUT2D eigenvalue weighted by Gasteiger charge is 2.46. The number of anilines is 2. The number of nitrogens with zero attached hydrogens (tertiary/aromatic N) is 2. The minimum absolute atomic E-state index is 0.0232. The molecule has 2 atom stereocenters. The van der Waals surface area contributed by atoms with Crippen LogP contribution in [0.25, 0.3) is 10.8 Å². The Labute approximate surface area is 186 Å². The van der Waals surface area contributed by atoms with Crippen LogP contribution in [0.1, 0.15) is 36.4 Å². The molecule has 3 aromatic rings. The first kappa shape index (κ1) is 20.3. The van der Waals surface area contributed by atoms with Crippen molar-refractivity contribution in [3.63, 3.8) is 0 Å². The molecule has 2 unspecified atom stereocenters. The van der Waals surface area contributed by atoms with Crippen LogP contribution in [-0.4, -0.2) is 29.7 Å². The monoisotopic (exact) mass is 436 g/mol. The second-order valence-electron chi connectivity index (χ2n) is 8.62. The Balaban J connectivity index is 1.58. The summed E-state index contributed by atoms with van der Waals surface area (Å²) < 4.78 is 5.44. The molecule has 1 N–H and O–H groups in total. The number of halogens is 1. The predicted molar refractivity (Wildman–Crippen MR) is 122 cm³/mol. The van der Waals surface area contributed by atoms with Gasteiger partial charge >= 0.3 is 5.97 Å². The fourth-order valence-corrected chi connectivity index (χ4v) is 4.64. The average Bonchev–Trinajstić information content (AvgIpc) is 3.68. The Morgan fingerprint density at radius 1 is 1.23 bits per heavy atom. The van der Waals surface area contributed by atoms with Gasteiger partial charge in [-0.15, -0.1) is 0 Å². The lowest BCUT2D eigenvalue weighted by atomic mass is 10.1. The Morgan fingerprint density at radius 2 is 2.00 bits per heavy atom. The lowest BCUT2D eigenvalue weighted by Crippen LogP contribution is -2.21. The number of benzene rings is 2. The predicted octanol–water partition coefficient (Wildman–Crippen LogP) is 5.77. The van der Waals surface area contributed by atoms with Crippen LogP contribution in [0.3, 0.4) is 0 Å². The summed E-state index contributed by atoms with van der Waals surface area (Å²) in [5.41, 5.74) is 3.93.